The maximum atomic E-state index is 12.3. The van der Waals surface area contributed by atoms with Crippen LogP contribution in [0.15, 0.2) is 34.8 Å². The van der Waals surface area contributed by atoms with Crippen LogP contribution >= 0.6 is 15.9 Å². The van der Waals surface area contributed by atoms with Crippen LogP contribution in [-0.2, 0) is 6.42 Å². The maximum absolute atomic E-state index is 12.3. The first-order chi connectivity index (χ1) is 10.0. The molecule has 0 spiro atoms. The van der Waals surface area contributed by atoms with Crippen molar-refractivity contribution < 1.29 is 4.79 Å². The van der Waals surface area contributed by atoms with Crippen molar-refractivity contribution in [3.8, 4) is 0 Å². The second kappa shape index (κ2) is 6.69. The Morgan fingerprint density at radius 2 is 2.10 bits per heavy atom. The minimum Gasteiger partial charge on any atom is -0.322 e. The fraction of sp³-hybridized carbons (Fsp3) is 0.200. The molecule has 0 fully saturated rings. The largest absolute Gasteiger partial charge is 0.322 e. The molecule has 1 aromatic heterocycles. The molecule has 21 heavy (non-hydrogen) atoms. The molecule has 0 aliphatic carbocycles. The highest BCUT2D eigenvalue weighted by Crippen LogP contribution is 2.21. The number of rotatable bonds is 4. The number of nitrogens with zero attached hydrogens (tertiary/aromatic N) is 1. The fourth-order valence-electron chi connectivity index (χ4n) is 1.90. The van der Waals surface area contributed by atoms with Crippen molar-refractivity contribution in [2.24, 2.45) is 5.84 Å². The lowest BCUT2D eigenvalue weighted by atomic mass is 10.1. The summed E-state index contributed by atoms with van der Waals surface area (Å²) in [6, 6.07) is 9.05. The zero-order valence-electron chi connectivity index (χ0n) is 11.9. The molecule has 5 nitrogen and oxygen atoms in total. The van der Waals surface area contributed by atoms with Crippen LogP contribution in [0, 0.1) is 6.92 Å². The van der Waals surface area contributed by atoms with Crippen molar-refractivity contribution in [2.75, 3.05) is 10.7 Å². The molecule has 0 aliphatic heterocycles. The molecule has 2 rings (SSSR count). The van der Waals surface area contributed by atoms with Gasteiger partial charge in [0.2, 0.25) is 0 Å². The van der Waals surface area contributed by atoms with Crippen LogP contribution in [0.5, 0.6) is 0 Å². The Kier molecular flexibility index (Phi) is 4.93. The van der Waals surface area contributed by atoms with E-state index >= 15 is 0 Å². The Morgan fingerprint density at radius 3 is 2.71 bits per heavy atom. The van der Waals surface area contributed by atoms with Crippen LogP contribution in [0.3, 0.4) is 0 Å². The topological polar surface area (TPSA) is 80.0 Å². The highest BCUT2D eigenvalue weighted by molar-refractivity contribution is 9.10. The van der Waals surface area contributed by atoms with Gasteiger partial charge in [-0.25, -0.2) is 10.8 Å². The smallest absolute Gasteiger partial charge is 0.255 e. The predicted octanol–water partition coefficient (Wildman–Crippen LogP) is 3.25. The number of amides is 1. The number of nitrogens with two attached hydrogens (primary N) is 1. The van der Waals surface area contributed by atoms with Gasteiger partial charge in [0.05, 0.1) is 0 Å². The lowest BCUT2D eigenvalue weighted by Crippen LogP contribution is -2.15. The average Bonchev–Trinajstić information content (AvgIpc) is 2.50. The van der Waals surface area contributed by atoms with E-state index in [1.807, 2.05) is 32.0 Å². The van der Waals surface area contributed by atoms with Gasteiger partial charge in [0.25, 0.3) is 5.91 Å². The number of carbonyl (C=O) groups is 1. The number of anilines is 2. The fourth-order valence-corrected chi connectivity index (χ4v) is 2.15. The molecule has 6 heteroatoms. The number of benzene rings is 1. The maximum Gasteiger partial charge on any atom is 0.255 e. The minimum absolute atomic E-state index is 0.190. The number of nitrogens with one attached hydrogen (secondary N) is 2. The summed E-state index contributed by atoms with van der Waals surface area (Å²) in [4.78, 5) is 16.6. The number of carbonyl (C=O) groups excluding carboxylic acids is 1. The number of halogens is 1. The Morgan fingerprint density at radius 1 is 1.33 bits per heavy atom. The molecule has 0 saturated heterocycles. The molecule has 0 bridgehead atoms. The summed E-state index contributed by atoms with van der Waals surface area (Å²) in [5.74, 6) is 5.67. The summed E-state index contributed by atoms with van der Waals surface area (Å²) in [5.41, 5.74) is 5.62. The standard InChI is InChI=1S/C15H17BrN4O/c1-3-11-7-10(8-14(18-11)20-17)15(21)19-12-4-5-13(16)9(2)6-12/h4-8H,3,17H2,1-2H3,(H,18,20)(H,19,21). The number of nitrogen functional groups attached to an aromatic ring is 1. The van der Waals surface area contributed by atoms with Crippen molar-refractivity contribution in [2.45, 2.75) is 20.3 Å². The molecule has 0 aliphatic rings. The van der Waals surface area contributed by atoms with Gasteiger partial charge >= 0.3 is 0 Å². The van der Waals surface area contributed by atoms with Gasteiger partial charge < -0.3 is 10.7 Å². The van der Waals surface area contributed by atoms with Crippen molar-refractivity contribution >= 4 is 33.3 Å². The second-order valence-electron chi connectivity index (χ2n) is 4.65. The molecule has 0 atom stereocenters. The summed E-state index contributed by atoms with van der Waals surface area (Å²) in [7, 11) is 0. The predicted molar refractivity (Wildman–Crippen MR) is 88.3 cm³/mol. The van der Waals surface area contributed by atoms with E-state index in [1.54, 1.807) is 12.1 Å². The summed E-state index contributed by atoms with van der Waals surface area (Å²) in [6.45, 7) is 3.94. The average molecular weight is 349 g/mol. The van der Waals surface area contributed by atoms with Crippen LogP contribution in [0.2, 0.25) is 0 Å². The molecule has 2 aromatic rings. The Balaban J connectivity index is 2.25. The highest BCUT2D eigenvalue weighted by Gasteiger charge is 2.10. The molecule has 0 radical (unpaired) electrons. The summed E-state index contributed by atoms with van der Waals surface area (Å²) in [6.07, 6.45) is 0.729. The van der Waals surface area contributed by atoms with E-state index in [4.69, 9.17) is 5.84 Å². The van der Waals surface area contributed by atoms with Crippen molar-refractivity contribution in [1.82, 2.24) is 4.98 Å². The Labute approximate surface area is 132 Å². The molecule has 110 valence electrons. The minimum atomic E-state index is -0.190. The van der Waals surface area contributed by atoms with Gasteiger partial charge in [-0.05, 0) is 49.2 Å². The molecule has 0 unspecified atom stereocenters. The molecule has 1 heterocycles. The lowest BCUT2D eigenvalue weighted by Gasteiger charge is -2.09. The van der Waals surface area contributed by atoms with Gasteiger partial charge in [0.1, 0.15) is 5.82 Å². The van der Waals surface area contributed by atoms with Crippen LogP contribution < -0.4 is 16.6 Å². The van der Waals surface area contributed by atoms with Crippen LogP contribution in [0.4, 0.5) is 11.5 Å². The van der Waals surface area contributed by atoms with E-state index in [0.29, 0.717) is 11.4 Å². The summed E-state index contributed by atoms with van der Waals surface area (Å²) in [5, 5.41) is 2.87. The monoisotopic (exact) mass is 348 g/mol. The number of pyridine rings is 1. The van der Waals surface area contributed by atoms with E-state index in [9.17, 15) is 4.79 Å². The molecule has 4 N–H and O–H groups in total. The van der Waals surface area contributed by atoms with E-state index in [1.165, 1.54) is 0 Å². The molecular formula is C15H17BrN4O. The van der Waals surface area contributed by atoms with Gasteiger partial charge in [-0.15, -0.1) is 0 Å². The third kappa shape index (κ3) is 3.80. The van der Waals surface area contributed by atoms with Gasteiger partial charge in [0.15, 0.2) is 0 Å². The van der Waals surface area contributed by atoms with Crippen molar-refractivity contribution in [3.05, 3.63) is 51.6 Å². The number of hydrogen-bond acceptors (Lipinski definition) is 4. The van der Waals surface area contributed by atoms with Gasteiger partial charge in [-0.1, -0.05) is 22.9 Å². The van der Waals surface area contributed by atoms with Crippen LogP contribution in [0.1, 0.15) is 28.5 Å². The third-order valence-electron chi connectivity index (χ3n) is 3.07. The number of aryl methyl sites for hydroxylation is 2. The number of hydrogen-bond donors (Lipinski definition) is 3. The zero-order chi connectivity index (χ0) is 15.4. The van der Waals surface area contributed by atoms with E-state index in [-0.39, 0.29) is 5.91 Å². The second-order valence-corrected chi connectivity index (χ2v) is 5.50. The highest BCUT2D eigenvalue weighted by atomic mass is 79.9. The SMILES string of the molecule is CCc1cc(C(=O)Nc2ccc(Br)c(C)c2)cc(NN)n1. The Bertz CT molecular complexity index is 650. The molecule has 1 amide bonds. The van der Waals surface area contributed by atoms with Crippen LogP contribution in [-0.4, -0.2) is 10.9 Å². The Hall–Kier alpha value is -1.92. The first-order valence-electron chi connectivity index (χ1n) is 6.58. The zero-order valence-corrected chi connectivity index (χ0v) is 13.5. The van der Waals surface area contributed by atoms with Crippen molar-refractivity contribution in [3.63, 3.8) is 0 Å². The summed E-state index contributed by atoms with van der Waals surface area (Å²) < 4.78 is 1.01. The third-order valence-corrected chi connectivity index (χ3v) is 3.96. The first-order valence-corrected chi connectivity index (χ1v) is 7.38. The molecular weight excluding hydrogens is 332 g/mol. The number of aromatic nitrogens is 1. The lowest BCUT2D eigenvalue weighted by molar-refractivity contribution is 0.102. The quantitative estimate of drug-likeness (QED) is 0.585. The molecule has 1 aromatic carbocycles. The normalized spacial score (nSPS) is 10.3. The van der Waals surface area contributed by atoms with Gasteiger partial charge in [-0.3, -0.25) is 4.79 Å². The molecule has 0 saturated carbocycles. The van der Waals surface area contributed by atoms with Crippen molar-refractivity contribution in [1.29, 1.82) is 0 Å². The van der Waals surface area contributed by atoms with Crippen LogP contribution in [0.25, 0.3) is 0 Å². The van der Waals surface area contributed by atoms with Gasteiger partial charge in [0, 0.05) is 21.4 Å². The number of hydrazine groups is 1. The van der Waals surface area contributed by atoms with E-state index in [2.05, 4.69) is 31.7 Å². The van der Waals surface area contributed by atoms with Gasteiger partial charge in [-0.2, -0.15) is 0 Å². The summed E-state index contributed by atoms with van der Waals surface area (Å²) >= 11 is 3.44. The first kappa shape index (κ1) is 15.5. The van der Waals surface area contributed by atoms with E-state index < -0.39 is 0 Å². The van der Waals surface area contributed by atoms with E-state index in [0.717, 1.165) is 27.8 Å².